The highest BCUT2D eigenvalue weighted by Gasteiger charge is 2.48. The standard InChI is InChI=1S/C20H27ClN2O4/c1-14-10-15(21)4-5-17(14)27-13-18(24)23-8-6-20(7-9-23)11-16(26-3)12-22(2)19(20)25/h4-5,10,16H,6-9,11-13H2,1-3H3. The number of aryl methyl sites for hydroxylation is 1. The zero-order chi connectivity index (χ0) is 19.6. The summed E-state index contributed by atoms with van der Waals surface area (Å²) in [7, 11) is 3.52. The second-order valence-electron chi connectivity index (χ2n) is 7.61. The number of carbonyl (C=O) groups excluding carboxylic acids is 2. The number of ether oxygens (including phenoxy) is 2. The Kier molecular flexibility index (Phi) is 5.96. The van der Waals surface area contributed by atoms with Crippen LogP contribution < -0.4 is 4.74 Å². The van der Waals surface area contributed by atoms with Gasteiger partial charge in [-0.05, 0) is 49.9 Å². The molecule has 2 aliphatic rings. The third-order valence-electron chi connectivity index (χ3n) is 5.79. The number of likely N-dealkylation sites (N-methyl/N-ethyl adjacent to an activating group) is 1. The maximum atomic E-state index is 12.7. The van der Waals surface area contributed by atoms with Crippen LogP contribution in [0.15, 0.2) is 18.2 Å². The Hall–Kier alpha value is -1.79. The normalized spacial score (nSPS) is 22.2. The molecule has 6 nitrogen and oxygen atoms in total. The van der Waals surface area contributed by atoms with Gasteiger partial charge in [0.1, 0.15) is 5.75 Å². The molecule has 2 saturated heterocycles. The minimum atomic E-state index is -0.405. The zero-order valence-electron chi connectivity index (χ0n) is 16.2. The Morgan fingerprint density at radius 2 is 2.04 bits per heavy atom. The number of piperidine rings is 2. The van der Waals surface area contributed by atoms with Crippen molar-refractivity contribution < 1.29 is 19.1 Å². The van der Waals surface area contributed by atoms with Crippen LogP contribution in [0.1, 0.15) is 24.8 Å². The molecule has 1 aromatic rings. The first-order valence-electron chi connectivity index (χ1n) is 9.30. The van der Waals surface area contributed by atoms with Crippen LogP contribution in [0.4, 0.5) is 0 Å². The molecule has 148 valence electrons. The van der Waals surface area contributed by atoms with Crippen LogP contribution in [0.25, 0.3) is 0 Å². The number of nitrogens with zero attached hydrogens (tertiary/aromatic N) is 2. The number of benzene rings is 1. The van der Waals surface area contributed by atoms with Gasteiger partial charge in [0.25, 0.3) is 5.91 Å². The van der Waals surface area contributed by atoms with E-state index in [1.54, 1.807) is 29.0 Å². The van der Waals surface area contributed by atoms with E-state index in [1.165, 1.54) is 0 Å². The average molecular weight is 395 g/mol. The summed E-state index contributed by atoms with van der Waals surface area (Å²) in [5.41, 5.74) is 0.493. The molecule has 7 heteroatoms. The van der Waals surface area contributed by atoms with Gasteiger partial charge in [-0.25, -0.2) is 0 Å². The second kappa shape index (κ2) is 8.07. The number of methoxy groups -OCH3 is 1. The molecule has 3 rings (SSSR count). The molecule has 2 aliphatic heterocycles. The lowest BCUT2D eigenvalue weighted by Crippen LogP contribution is -2.57. The molecule has 1 unspecified atom stereocenters. The monoisotopic (exact) mass is 394 g/mol. The second-order valence-corrected chi connectivity index (χ2v) is 8.04. The molecule has 0 N–H and O–H groups in total. The van der Waals surface area contributed by atoms with Gasteiger partial charge in [-0.1, -0.05) is 11.6 Å². The fraction of sp³-hybridized carbons (Fsp3) is 0.600. The van der Waals surface area contributed by atoms with Crippen molar-refractivity contribution in [3.8, 4) is 5.75 Å². The first-order chi connectivity index (χ1) is 12.8. The van der Waals surface area contributed by atoms with Crippen LogP contribution in [-0.2, 0) is 14.3 Å². The molecule has 2 heterocycles. The maximum absolute atomic E-state index is 12.7. The Bertz CT molecular complexity index is 716. The van der Waals surface area contributed by atoms with Crippen molar-refractivity contribution in [2.24, 2.45) is 5.41 Å². The van der Waals surface area contributed by atoms with E-state index in [4.69, 9.17) is 21.1 Å². The van der Waals surface area contributed by atoms with E-state index in [-0.39, 0.29) is 24.5 Å². The van der Waals surface area contributed by atoms with Gasteiger partial charge in [0.05, 0.1) is 11.5 Å². The van der Waals surface area contributed by atoms with E-state index in [0.717, 1.165) is 12.0 Å². The summed E-state index contributed by atoms with van der Waals surface area (Å²) in [6.45, 7) is 3.65. The number of hydrogen-bond donors (Lipinski definition) is 0. The van der Waals surface area contributed by atoms with Gasteiger partial charge in [-0.2, -0.15) is 0 Å². The summed E-state index contributed by atoms with van der Waals surface area (Å²) in [5.74, 6) is 0.781. The topological polar surface area (TPSA) is 59.1 Å². The van der Waals surface area contributed by atoms with Gasteiger partial charge in [-0.15, -0.1) is 0 Å². The van der Waals surface area contributed by atoms with Gasteiger partial charge in [0.15, 0.2) is 6.61 Å². The quantitative estimate of drug-likeness (QED) is 0.787. The maximum Gasteiger partial charge on any atom is 0.260 e. The Morgan fingerprint density at radius 3 is 2.67 bits per heavy atom. The summed E-state index contributed by atoms with van der Waals surface area (Å²) in [4.78, 5) is 28.8. The highest BCUT2D eigenvalue weighted by molar-refractivity contribution is 6.30. The van der Waals surface area contributed by atoms with E-state index in [1.807, 2.05) is 20.0 Å². The molecule has 0 radical (unpaired) electrons. The Labute approximate surface area is 165 Å². The summed E-state index contributed by atoms with van der Waals surface area (Å²) < 4.78 is 11.2. The highest BCUT2D eigenvalue weighted by Crippen LogP contribution is 2.41. The van der Waals surface area contributed by atoms with Crippen LogP contribution in [0.2, 0.25) is 5.02 Å². The van der Waals surface area contributed by atoms with Gasteiger partial charge < -0.3 is 19.3 Å². The summed E-state index contributed by atoms with van der Waals surface area (Å²) in [6.07, 6.45) is 2.13. The Morgan fingerprint density at radius 1 is 1.33 bits per heavy atom. The third kappa shape index (κ3) is 4.22. The van der Waals surface area contributed by atoms with Crippen molar-refractivity contribution in [1.82, 2.24) is 9.80 Å². The summed E-state index contributed by atoms with van der Waals surface area (Å²) >= 11 is 5.94. The smallest absolute Gasteiger partial charge is 0.260 e. The predicted molar refractivity (Wildman–Crippen MR) is 103 cm³/mol. The SMILES string of the molecule is COC1CN(C)C(=O)C2(CCN(C(=O)COc3ccc(Cl)cc3C)CC2)C1. The van der Waals surface area contributed by atoms with Crippen LogP contribution >= 0.6 is 11.6 Å². The molecule has 1 atom stereocenters. The van der Waals surface area contributed by atoms with Crippen molar-refractivity contribution in [1.29, 1.82) is 0 Å². The van der Waals surface area contributed by atoms with E-state index < -0.39 is 5.41 Å². The van der Waals surface area contributed by atoms with Gasteiger partial charge >= 0.3 is 0 Å². The number of likely N-dealkylation sites (tertiary alicyclic amines) is 2. The molecule has 0 bridgehead atoms. The number of hydrogen-bond acceptors (Lipinski definition) is 4. The molecule has 2 amide bonds. The number of halogens is 1. The van der Waals surface area contributed by atoms with Crippen LogP contribution in [0.3, 0.4) is 0 Å². The molecular weight excluding hydrogens is 368 g/mol. The molecule has 2 fully saturated rings. The molecule has 0 saturated carbocycles. The minimum absolute atomic E-state index is 0.00990. The van der Waals surface area contributed by atoms with Crippen molar-refractivity contribution >= 4 is 23.4 Å². The van der Waals surface area contributed by atoms with Crippen molar-refractivity contribution in [3.05, 3.63) is 28.8 Å². The van der Waals surface area contributed by atoms with E-state index in [9.17, 15) is 9.59 Å². The molecule has 1 aromatic carbocycles. The molecule has 1 spiro atoms. The van der Waals surface area contributed by atoms with Gasteiger partial charge in [-0.3, -0.25) is 9.59 Å². The molecular formula is C20H27ClN2O4. The van der Waals surface area contributed by atoms with Crippen LogP contribution in [0, 0.1) is 12.3 Å². The molecule has 0 aliphatic carbocycles. The fourth-order valence-corrected chi connectivity index (χ4v) is 4.37. The number of amides is 2. The van der Waals surface area contributed by atoms with E-state index in [2.05, 4.69) is 0 Å². The van der Waals surface area contributed by atoms with Crippen LogP contribution in [0.5, 0.6) is 5.75 Å². The predicted octanol–water partition coefficient (Wildman–Crippen LogP) is 2.51. The lowest BCUT2D eigenvalue weighted by molar-refractivity contribution is -0.158. The van der Waals surface area contributed by atoms with Crippen molar-refractivity contribution in [3.63, 3.8) is 0 Å². The lowest BCUT2D eigenvalue weighted by atomic mass is 9.71. The summed E-state index contributed by atoms with van der Waals surface area (Å²) in [6, 6.07) is 5.33. The lowest BCUT2D eigenvalue weighted by Gasteiger charge is -2.47. The number of rotatable bonds is 4. The van der Waals surface area contributed by atoms with Gasteiger partial charge in [0, 0.05) is 38.8 Å². The first kappa shape index (κ1) is 20.0. The van der Waals surface area contributed by atoms with Gasteiger partial charge in [0.2, 0.25) is 5.91 Å². The average Bonchev–Trinajstić information content (AvgIpc) is 2.65. The third-order valence-corrected chi connectivity index (χ3v) is 6.03. The van der Waals surface area contributed by atoms with E-state index >= 15 is 0 Å². The largest absolute Gasteiger partial charge is 0.483 e. The zero-order valence-corrected chi connectivity index (χ0v) is 16.9. The first-order valence-corrected chi connectivity index (χ1v) is 9.67. The molecule has 27 heavy (non-hydrogen) atoms. The highest BCUT2D eigenvalue weighted by atomic mass is 35.5. The Balaban J connectivity index is 1.56. The summed E-state index contributed by atoms with van der Waals surface area (Å²) in [5, 5.41) is 0.643. The van der Waals surface area contributed by atoms with E-state index in [0.29, 0.717) is 43.2 Å². The van der Waals surface area contributed by atoms with Crippen molar-refractivity contribution in [2.75, 3.05) is 40.4 Å². The van der Waals surface area contributed by atoms with Crippen LogP contribution in [-0.4, -0.2) is 68.1 Å². The fourth-order valence-electron chi connectivity index (χ4n) is 4.15. The minimum Gasteiger partial charge on any atom is -0.483 e. The number of carbonyl (C=O) groups is 2. The molecule has 0 aromatic heterocycles. The van der Waals surface area contributed by atoms with Crippen molar-refractivity contribution in [2.45, 2.75) is 32.3 Å².